The summed E-state index contributed by atoms with van der Waals surface area (Å²) in [5, 5.41) is 8.71. The Morgan fingerprint density at radius 1 is 1.35 bits per heavy atom. The molecule has 5 nitrogen and oxygen atoms in total. The van der Waals surface area contributed by atoms with Crippen LogP contribution in [0.15, 0.2) is 24.3 Å². The van der Waals surface area contributed by atoms with Gasteiger partial charge in [-0.25, -0.2) is 4.39 Å². The third-order valence-electron chi connectivity index (χ3n) is 4.19. The number of halogens is 1. The monoisotopic (exact) mass is 318 g/mol. The normalized spacial score (nSPS) is 18.1. The van der Waals surface area contributed by atoms with Gasteiger partial charge in [0.25, 0.3) is 0 Å². The highest BCUT2D eigenvalue weighted by Crippen LogP contribution is 2.28. The highest BCUT2D eigenvalue weighted by atomic mass is 19.1. The van der Waals surface area contributed by atoms with Crippen molar-refractivity contribution in [2.24, 2.45) is 0 Å². The molecule has 0 aliphatic carbocycles. The smallest absolute Gasteiger partial charge is 0.227 e. The van der Waals surface area contributed by atoms with Crippen LogP contribution >= 0.6 is 0 Å². The summed E-state index contributed by atoms with van der Waals surface area (Å²) in [6, 6.07) is 6.65. The molecule has 1 unspecified atom stereocenters. The number of aromatic nitrogens is 3. The van der Waals surface area contributed by atoms with Gasteiger partial charge in [-0.15, -0.1) is 10.2 Å². The molecule has 0 N–H and O–H groups in total. The van der Waals surface area contributed by atoms with Gasteiger partial charge < -0.3 is 9.64 Å². The molecule has 1 aromatic carbocycles. The van der Waals surface area contributed by atoms with E-state index in [1.54, 1.807) is 12.1 Å². The van der Waals surface area contributed by atoms with Crippen molar-refractivity contribution >= 4 is 5.95 Å². The number of hydrogen-bond acceptors (Lipinski definition) is 4. The Bertz CT molecular complexity index is 652. The molecule has 1 aromatic heterocycles. The molecular formula is C17H23FN4O. The average molecular weight is 318 g/mol. The minimum atomic E-state index is -0.218. The third kappa shape index (κ3) is 3.52. The van der Waals surface area contributed by atoms with Crippen molar-refractivity contribution in [1.29, 1.82) is 0 Å². The van der Waals surface area contributed by atoms with Crippen LogP contribution in [0.25, 0.3) is 0 Å². The summed E-state index contributed by atoms with van der Waals surface area (Å²) < 4.78 is 21.3. The van der Waals surface area contributed by atoms with Crippen molar-refractivity contribution < 1.29 is 9.13 Å². The van der Waals surface area contributed by atoms with Crippen molar-refractivity contribution in [2.45, 2.75) is 45.4 Å². The summed E-state index contributed by atoms with van der Waals surface area (Å²) in [6.45, 7) is 4.23. The first-order valence-corrected chi connectivity index (χ1v) is 8.19. The van der Waals surface area contributed by atoms with Crippen molar-refractivity contribution in [3.05, 3.63) is 41.5 Å². The molecule has 1 saturated heterocycles. The number of nitrogens with zero attached hydrogens (tertiary/aromatic N) is 4. The summed E-state index contributed by atoms with van der Waals surface area (Å²) in [7, 11) is 1.95. The Hall–Kier alpha value is -1.95. The molecule has 23 heavy (non-hydrogen) atoms. The molecule has 1 fully saturated rings. The van der Waals surface area contributed by atoms with Crippen LogP contribution in [0.1, 0.15) is 43.7 Å². The standard InChI is InChI=1S/C17H23FN4O/c1-3-22-16(15-9-4-5-10-23-15)19-20-17(22)21(2)12-13-7-6-8-14(18)11-13/h6-8,11,15H,3-5,9-10,12H2,1-2H3. The first-order chi connectivity index (χ1) is 11.2. The zero-order chi connectivity index (χ0) is 16.2. The number of anilines is 1. The van der Waals surface area contributed by atoms with Crippen LogP contribution in [0.5, 0.6) is 0 Å². The fourth-order valence-electron chi connectivity index (χ4n) is 3.05. The molecule has 0 amide bonds. The minimum Gasteiger partial charge on any atom is -0.370 e. The molecule has 124 valence electrons. The number of ether oxygens (including phenoxy) is 1. The van der Waals surface area contributed by atoms with E-state index in [-0.39, 0.29) is 11.9 Å². The summed E-state index contributed by atoms with van der Waals surface area (Å²) in [4.78, 5) is 2.00. The van der Waals surface area contributed by atoms with Crippen LogP contribution < -0.4 is 4.90 Å². The molecule has 6 heteroatoms. The molecule has 1 atom stereocenters. The Labute approximate surface area is 136 Å². The second kappa shape index (κ2) is 7.08. The van der Waals surface area contributed by atoms with Gasteiger partial charge in [-0.05, 0) is 43.9 Å². The highest BCUT2D eigenvalue weighted by molar-refractivity contribution is 5.33. The van der Waals surface area contributed by atoms with Gasteiger partial charge in [-0.1, -0.05) is 12.1 Å². The maximum Gasteiger partial charge on any atom is 0.227 e. The average Bonchev–Trinajstić information content (AvgIpc) is 2.99. The zero-order valence-corrected chi connectivity index (χ0v) is 13.7. The molecule has 2 aromatic rings. The fraction of sp³-hybridized carbons (Fsp3) is 0.529. The SMILES string of the molecule is CCn1c(C2CCCCO2)nnc1N(C)Cc1cccc(F)c1. The second-order valence-corrected chi connectivity index (χ2v) is 5.94. The van der Waals surface area contributed by atoms with E-state index in [0.717, 1.165) is 49.8 Å². The molecule has 0 radical (unpaired) electrons. The Morgan fingerprint density at radius 2 is 2.22 bits per heavy atom. The Morgan fingerprint density at radius 3 is 2.91 bits per heavy atom. The van der Waals surface area contributed by atoms with Crippen molar-refractivity contribution in [2.75, 3.05) is 18.6 Å². The van der Waals surface area contributed by atoms with Crippen molar-refractivity contribution in [3.63, 3.8) is 0 Å². The van der Waals surface area contributed by atoms with Gasteiger partial charge in [0.1, 0.15) is 11.9 Å². The minimum absolute atomic E-state index is 0.0347. The van der Waals surface area contributed by atoms with Gasteiger partial charge in [0.2, 0.25) is 5.95 Å². The molecular weight excluding hydrogens is 295 g/mol. The first-order valence-electron chi connectivity index (χ1n) is 8.19. The van der Waals surface area contributed by atoms with Gasteiger partial charge >= 0.3 is 0 Å². The van der Waals surface area contributed by atoms with E-state index < -0.39 is 0 Å². The lowest BCUT2D eigenvalue weighted by Gasteiger charge is -2.24. The van der Waals surface area contributed by atoms with Crippen LogP contribution in [0, 0.1) is 5.82 Å². The largest absolute Gasteiger partial charge is 0.370 e. The van der Waals surface area contributed by atoms with E-state index in [4.69, 9.17) is 4.74 Å². The molecule has 1 aliphatic rings. The Kier molecular flexibility index (Phi) is 4.91. The van der Waals surface area contributed by atoms with E-state index in [9.17, 15) is 4.39 Å². The van der Waals surface area contributed by atoms with E-state index in [0.29, 0.717) is 6.54 Å². The summed E-state index contributed by atoms with van der Waals surface area (Å²) in [5.74, 6) is 1.47. The van der Waals surface area contributed by atoms with E-state index in [1.165, 1.54) is 6.07 Å². The van der Waals surface area contributed by atoms with Gasteiger partial charge in [0.05, 0.1) is 0 Å². The fourth-order valence-corrected chi connectivity index (χ4v) is 3.05. The quantitative estimate of drug-likeness (QED) is 0.848. The molecule has 0 bridgehead atoms. The molecule has 0 saturated carbocycles. The van der Waals surface area contributed by atoms with Gasteiger partial charge in [0, 0.05) is 26.7 Å². The van der Waals surface area contributed by atoms with Gasteiger partial charge in [0.15, 0.2) is 5.82 Å². The predicted octanol–water partition coefficient (Wildman–Crippen LogP) is 3.32. The van der Waals surface area contributed by atoms with Crippen LogP contribution in [0.2, 0.25) is 0 Å². The maximum absolute atomic E-state index is 13.3. The molecule has 2 heterocycles. The number of rotatable bonds is 5. The van der Waals surface area contributed by atoms with Crippen LogP contribution in [-0.4, -0.2) is 28.4 Å². The van der Waals surface area contributed by atoms with Crippen LogP contribution in [0.3, 0.4) is 0 Å². The lowest BCUT2D eigenvalue weighted by Crippen LogP contribution is -2.22. The number of hydrogen-bond donors (Lipinski definition) is 0. The Balaban J connectivity index is 1.80. The first kappa shape index (κ1) is 15.9. The van der Waals surface area contributed by atoms with E-state index in [2.05, 4.69) is 21.7 Å². The van der Waals surface area contributed by atoms with Gasteiger partial charge in [-0.2, -0.15) is 0 Å². The highest BCUT2D eigenvalue weighted by Gasteiger charge is 2.24. The van der Waals surface area contributed by atoms with Crippen LogP contribution in [0.4, 0.5) is 10.3 Å². The molecule has 3 rings (SSSR count). The summed E-state index contributed by atoms with van der Waals surface area (Å²) in [5.41, 5.74) is 0.911. The number of benzene rings is 1. The lowest BCUT2D eigenvalue weighted by atomic mass is 10.1. The molecule has 0 spiro atoms. The maximum atomic E-state index is 13.3. The zero-order valence-electron chi connectivity index (χ0n) is 13.7. The second-order valence-electron chi connectivity index (χ2n) is 5.94. The van der Waals surface area contributed by atoms with E-state index >= 15 is 0 Å². The summed E-state index contributed by atoms with van der Waals surface area (Å²) >= 11 is 0. The topological polar surface area (TPSA) is 43.2 Å². The van der Waals surface area contributed by atoms with E-state index in [1.807, 2.05) is 18.0 Å². The van der Waals surface area contributed by atoms with Gasteiger partial charge in [-0.3, -0.25) is 4.57 Å². The molecule has 1 aliphatic heterocycles. The summed E-state index contributed by atoms with van der Waals surface area (Å²) in [6.07, 6.45) is 3.30. The van der Waals surface area contributed by atoms with Crippen molar-refractivity contribution in [3.8, 4) is 0 Å². The lowest BCUT2D eigenvalue weighted by molar-refractivity contribution is 0.00727. The predicted molar refractivity (Wildman–Crippen MR) is 86.7 cm³/mol. The van der Waals surface area contributed by atoms with Crippen LogP contribution in [-0.2, 0) is 17.8 Å². The third-order valence-corrected chi connectivity index (χ3v) is 4.19. The van der Waals surface area contributed by atoms with Crippen molar-refractivity contribution in [1.82, 2.24) is 14.8 Å².